The number of para-hydroxylation sites is 1. The fourth-order valence-electron chi connectivity index (χ4n) is 2.74. The second-order valence-corrected chi connectivity index (χ2v) is 7.52. The van der Waals surface area contributed by atoms with Crippen molar-refractivity contribution in [2.24, 2.45) is 0 Å². The molecule has 4 atom stereocenters. The Hall–Kier alpha value is -2.52. The molecule has 8 nitrogen and oxygen atoms in total. The van der Waals surface area contributed by atoms with Gasteiger partial charge in [0.2, 0.25) is 5.37 Å². The van der Waals surface area contributed by atoms with Crippen LogP contribution in [0.5, 0.6) is 5.75 Å². The number of rotatable bonds is 5. The summed E-state index contributed by atoms with van der Waals surface area (Å²) in [6.45, 7) is 1.31. The van der Waals surface area contributed by atoms with Gasteiger partial charge in [-0.2, -0.15) is 0 Å². The van der Waals surface area contributed by atoms with Crippen LogP contribution >= 0.6 is 0 Å². The Morgan fingerprint density at radius 2 is 2.04 bits per heavy atom. The van der Waals surface area contributed by atoms with Gasteiger partial charge in [-0.05, 0) is 36.3 Å². The molecule has 2 aliphatic heterocycles. The van der Waals surface area contributed by atoms with Gasteiger partial charge in [-0.25, -0.2) is 4.79 Å². The molecule has 2 heterocycles. The molecule has 2 aliphatic rings. The predicted molar refractivity (Wildman–Crippen MR) is 87.8 cm³/mol. The third kappa shape index (κ3) is 3.20. The number of nitrogens with one attached hydrogen (secondary N) is 1. The van der Waals surface area contributed by atoms with Crippen LogP contribution in [-0.4, -0.2) is 55.6 Å². The zero-order chi connectivity index (χ0) is 18.1. The first kappa shape index (κ1) is 17.3. The Morgan fingerprint density at radius 3 is 2.68 bits per heavy atom. The molecule has 0 spiro atoms. The highest BCUT2D eigenvalue weighted by molar-refractivity contribution is 7.93. The third-order valence-electron chi connectivity index (χ3n) is 3.95. The summed E-state index contributed by atoms with van der Waals surface area (Å²) in [5, 5.41) is 10.3. The Kier molecular flexibility index (Phi) is 4.69. The average Bonchev–Trinajstić information content (AvgIpc) is 2.60. The van der Waals surface area contributed by atoms with Crippen LogP contribution in [0.4, 0.5) is 0 Å². The number of hydrogen-bond acceptors (Lipinski definition) is 5. The van der Waals surface area contributed by atoms with Gasteiger partial charge in [-0.3, -0.25) is 14.5 Å². The Bertz CT molecular complexity index is 737. The van der Waals surface area contributed by atoms with E-state index in [4.69, 9.17) is 4.74 Å². The van der Waals surface area contributed by atoms with Gasteiger partial charge in [0.1, 0.15) is 16.7 Å². The van der Waals surface area contributed by atoms with E-state index in [2.05, 4.69) is 5.32 Å². The number of aliphatic carboxylic acids is 1. The van der Waals surface area contributed by atoms with Crippen LogP contribution in [0.15, 0.2) is 42.1 Å². The first-order chi connectivity index (χ1) is 11.9. The minimum Gasteiger partial charge on any atom is -0.614 e. The van der Waals surface area contributed by atoms with E-state index < -0.39 is 45.6 Å². The number of carbonyl (C=O) groups excluding carboxylic acids is 2. The smallest absolute Gasteiger partial charge is 0.352 e. The summed E-state index contributed by atoms with van der Waals surface area (Å²) >= 11 is -1.51. The predicted octanol–water partition coefficient (Wildman–Crippen LogP) is -0.162. The number of ether oxygens (including phenoxy) is 1. The summed E-state index contributed by atoms with van der Waals surface area (Å²) in [6, 6.07) is 7.68. The summed E-state index contributed by atoms with van der Waals surface area (Å²) in [5.41, 5.74) is -0.201. The maximum atomic E-state index is 12.4. The molecular formula is C16H16N2O6S. The van der Waals surface area contributed by atoms with E-state index in [0.717, 1.165) is 4.90 Å². The van der Waals surface area contributed by atoms with Crippen molar-refractivity contribution in [3.8, 4) is 5.75 Å². The summed E-state index contributed by atoms with van der Waals surface area (Å²) in [7, 11) is 0. The molecule has 1 saturated heterocycles. The van der Waals surface area contributed by atoms with Crippen molar-refractivity contribution < 1.29 is 28.8 Å². The summed E-state index contributed by atoms with van der Waals surface area (Å²) < 4.78 is 17.7. The van der Waals surface area contributed by atoms with E-state index in [9.17, 15) is 24.0 Å². The summed E-state index contributed by atoms with van der Waals surface area (Å²) in [6.07, 6.45) is 1.30. The minimum atomic E-state index is -1.51. The Balaban J connectivity index is 1.64. The van der Waals surface area contributed by atoms with Gasteiger partial charge >= 0.3 is 5.97 Å². The van der Waals surface area contributed by atoms with Gasteiger partial charge < -0.3 is 19.7 Å². The van der Waals surface area contributed by atoms with Crippen molar-refractivity contribution in [2.75, 3.05) is 6.61 Å². The second kappa shape index (κ2) is 6.77. The number of benzene rings is 1. The second-order valence-electron chi connectivity index (χ2n) is 5.64. The number of nitrogens with zero attached hydrogens (tertiary/aromatic N) is 1. The monoisotopic (exact) mass is 364 g/mol. The van der Waals surface area contributed by atoms with Gasteiger partial charge in [0, 0.05) is 0 Å². The number of amides is 2. The maximum Gasteiger partial charge on any atom is 0.352 e. The first-order valence-electron chi connectivity index (χ1n) is 7.55. The fraction of sp³-hybridized carbons (Fsp3) is 0.312. The lowest BCUT2D eigenvalue weighted by Gasteiger charge is -2.49. The van der Waals surface area contributed by atoms with Crippen LogP contribution in [0, 0.1) is 0 Å². The summed E-state index contributed by atoms with van der Waals surface area (Å²) in [5.74, 6) is -1.89. The highest BCUT2D eigenvalue weighted by Crippen LogP contribution is 2.36. The molecule has 1 fully saturated rings. The molecule has 0 radical (unpaired) electrons. The lowest BCUT2D eigenvalue weighted by atomic mass is 10.0. The standard InChI is InChI=1S/C16H16N2O6S/c1-9-7-11(16(21)22)18-14(20)13(15(18)25(9)23)17-12(19)8-24-10-5-3-2-4-6-10/h2-7,9,13,15H,8H2,1H3,(H,17,19)(H,21,22)/t9?,13?,15-,25?/m1/s1. The molecule has 132 valence electrons. The molecule has 0 saturated carbocycles. The van der Waals surface area contributed by atoms with Gasteiger partial charge in [0.25, 0.3) is 11.8 Å². The minimum absolute atomic E-state index is 0.201. The Morgan fingerprint density at radius 1 is 1.36 bits per heavy atom. The fourth-order valence-corrected chi connectivity index (χ4v) is 4.32. The molecule has 0 aliphatic carbocycles. The van der Waals surface area contributed by atoms with E-state index in [1.165, 1.54) is 6.08 Å². The number of carboxylic acid groups (broad SMARTS) is 1. The highest BCUT2D eigenvalue weighted by Gasteiger charge is 2.61. The molecule has 9 heteroatoms. The SMILES string of the molecule is CC1C=C(C(=O)O)N2C(=O)C(NC(=O)COc3ccccc3)[C@H]2[S+]1[O-]. The number of carbonyl (C=O) groups is 3. The summed E-state index contributed by atoms with van der Waals surface area (Å²) in [4.78, 5) is 36.4. The van der Waals surface area contributed by atoms with Gasteiger partial charge in [0.15, 0.2) is 12.6 Å². The first-order valence-corrected chi connectivity index (χ1v) is 8.82. The zero-order valence-electron chi connectivity index (χ0n) is 13.2. The lowest BCUT2D eigenvalue weighted by molar-refractivity contribution is -0.151. The van der Waals surface area contributed by atoms with Crippen LogP contribution in [0.3, 0.4) is 0 Å². The Labute approximate surface area is 146 Å². The van der Waals surface area contributed by atoms with Gasteiger partial charge in [0.05, 0.1) is 0 Å². The topological polar surface area (TPSA) is 119 Å². The number of β-lactam (4-membered cyclic amide) rings is 1. The van der Waals surface area contributed by atoms with E-state index in [1.54, 1.807) is 31.2 Å². The van der Waals surface area contributed by atoms with Crippen molar-refractivity contribution in [1.82, 2.24) is 10.2 Å². The van der Waals surface area contributed by atoms with Gasteiger partial charge in [-0.1, -0.05) is 18.2 Å². The van der Waals surface area contributed by atoms with Gasteiger partial charge in [-0.15, -0.1) is 0 Å². The van der Waals surface area contributed by atoms with Crippen LogP contribution < -0.4 is 10.1 Å². The molecule has 3 unspecified atom stereocenters. The average molecular weight is 364 g/mol. The van der Waals surface area contributed by atoms with E-state index in [1.807, 2.05) is 6.07 Å². The van der Waals surface area contributed by atoms with E-state index in [0.29, 0.717) is 5.75 Å². The lowest BCUT2D eigenvalue weighted by Crippen LogP contribution is -2.75. The van der Waals surface area contributed by atoms with Crippen LogP contribution in [0.1, 0.15) is 6.92 Å². The molecule has 0 aromatic heterocycles. The number of hydrogen-bond donors (Lipinski definition) is 2. The van der Waals surface area contributed by atoms with Crippen LogP contribution in [-0.2, 0) is 25.6 Å². The normalized spacial score (nSPS) is 27.7. The zero-order valence-corrected chi connectivity index (χ0v) is 14.1. The third-order valence-corrected chi connectivity index (χ3v) is 5.78. The molecule has 0 bridgehead atoms. The van der Waals surface area contributed by atoms with Crippen LogP contribution in [0.2, 0.25) is 0 Å². The molecule has 1 aromatic rings. The molecular weight excluding hydrogens is 348 g/mol. The molecule has 3 rings (SSSR count). The van der Waals surface area contributed by atoms with Crippen molar-refractivity contribution in [2.45, 2.75) is 23.6 Å². The largest absolute Gasteiger partial charge is 0.614 e. The number of fused-ring (bicyclic) bond motifs is 1. The van der Waals surface area contributed by atoms with Crippen LogP contribution in [0.25, 0.3) is 0 Å². The maximum absolute atomic E-state index is 12.4. The molecule has 2 amide bonds. The van der Waals surface area contributed by atoms with Crippen molar-refractivity contribution in [3.05, 3.63) is 42.1 Å². The quantitative estimate of drug-likeness (QED) is 0.553. The molecule has 1 aromatic carbocycles. The van der Waals surface area contributed by atoms with Crippen molar-refractivity contribution in [3.63, 3.8) is 0 Å². The number of carboxylic acids is 1. The van der Waals surface area contributed by atoms with E-state index in [-0.39, 0.29) is 12.3 Å². The highest BCUT2D eigenvalue weighted by atomic mass is 32.2. The van der Waals surface area contributed by atoms with E-state index >= 15 is 0 Å². The van der Waals surface area contributed by atoms with Crippen molar-refractivity contribution >= 4 is 29.0 Å². The molecule has 2 N–H and O–H groups in total. The molecule has 25 heavy (non-hydrogen) atoms. The van der Waals surface area contributed by atoms with Crippen molar-refractivity contribution in [1.29, 1.82) is 0 Å².